The molecule has 0 radical (unpaired) electrons. The fraction of sp³-hybridized carbons (Fsp3) is 0.400. The van der Waals surface area contributed by atoms with Crippen molar-refractivity contribution in [1.82, 2.24) is 0 Å². The van der Waals surface area contributed by atoms with E-state index in [1.807, 2.05) is 0 Å². The van der Waals surface area contributed by atoms with Crippen molar-refractivity contribution in [3.05, 3.63) is 28.8 Å². The van der Waals surface area contributed by atoms with Gasteiger partial charge in [-0.3, -0.25) is 0 Å². The van der Waals surface area contributed by atoms with Crippen LogP contribution in [0.2, 0.25) is 5.02 Å². The van der Waals surface area contributed by atoms with Crippen molar-refractivity contribution in [2.75, 3.05) is 12.8 Å². The van der Waals surface area contributed by atoms with Crippen LogP contribution < -0.4 is 5.73 Å². The zero-order valence-corrected chi connectivity index (χ0v) is 10.1. The van der Waals surface area contributed by atoms with Gasteiger partial charge in [0.15, 0.2) is 9.84 Å². The summed E-state index contributed by atoms with van der Waals surface area (Å²) in [6.45, 7) is 0.584. The monoisotopic (exact) mass is 247 g/mol. The molecule has 2 N–H and O–H groups in total. The Balaban J connectivity index is 3.06. The van der Waals surface area contributed by atoms with Crippen molar-refractivity contribution in [2.24, 2.45) is 5.73 Å². The van der Waals surface area contributed by atoms with Crippen LogP contribution in [0.1, 0.15) is 12.0 Å². The number of rotatable bonds is 4. The van der Waals surface area contributed by atoms with Crippen LogP contribution in [-0.4, -0.2) is 21.2 Å². The standard InChI is InChI=1S/C10H14ClNO2S/c1-15(13,14)10-6-8(3-2-4-12)5-9(11)7-10/h5-7H,2-4,12H2,1H3. The van der Waals surface area contributed by atoms with Crippen LogP contribution in [0.25, 0.3) is 0 Å². The molecule has 1 aromatic carbocycles. The summed E-state index contributed by atoms with van der Waals surface area (Å²) in [5.41, 5.74) is 6.30. The average Bonchev–Trinajstić information content (AvgIpc) is 2.12. The molecule has 3 nitrogen and oxygen atoms in total. The molecule has 0 atom stereocenters. The van der Waals surface area contributed by atoms with E-state index in [9.17, 15) is 8.42 Å². The predicted molar refractivity (Wildman–Crippen MR) is 61.9 cm³/mol. The van der Waals surface area contributed by atoms with Gasteiger partial charge in [-0.1, -0.05) is 11.6 Å². The molecule has 1 rings (SSSR count). The normalized spacial score (nSPS) is 11.7. The van der Waals surface area contributed by atoms with Gasteiger partial charge in [0.05, 0.1) is 4.90 Å². The number of sulfone groups is 1. The van der Waals surface area contributed by atoms with Crippen LogP contribution in [0, 0.1) is 0 Å². The summed E-state index contributed by atoms with van der Waals surface area (Å²) in [4.78, 5) is 0.266. The van der Waals surface area contributed by atoms with E-state index in [0.717, 1.165) is 18.4 Å². The van der Waals surface area contributed by atoms with Crippen LogP contribution in [-0.2, 0) is 16.3 Å². The van der Waals surface area contributed by atoms with Gasteiger partial charge in [-0.25, -0.2) is 8.42 Å². The summed E-state index contributed by atoms with van der Waals surface area (Å²) in [7, 11) is -3.19. The molecule has 0 amide bonds. The maximum Gasteiger partial charge on any atom is 0.175 e. The van der Waals surface area contributed by atoms with Gasteiger partial charge in [0.2, 0.25) is 0 Å². The fourth-order valence-electron chi connectivity index (χ4n) is 1.29. The van der Waals surface area contributed by atoms with Crippen molar-refractivity contribution in [1.29, 1.82) is 0 Å². The molecule has 0 aliphatic carbocycles. The first-order chi connectivity index (χ1) is 6.93. The Kier molecular flexibility index (Phi) is 4.13. The Morgan fingerprint density at radius 1 is 1.33 bits per heavy atom. The first kappa shape index (κ1) is 12.5. The summed E-state index contributed by atoms with van der Waals surface area (Å²) in [6.07, 6.45) is 2.74. The Labute approximate surface area is 95.2 Å². The number of aryl methyl sites for hydroxylation is 1. The fourth-order valence-corrected chi connectivity index (χ4v) is 2.31. The van der Waals surface area contributed by atoms with E-state index in [1.54, 1.807) is 12.1 Å². The summed E-state index contributed by atoms with van der Waals surface area (Å²) in [5.74, 6) is 0. The van der Waals surface area contributed by atoms with Crippen molar-refractivity contribution in [3.63, 3.8) is 0 Å². The Morgan fingerprint density at radius 3 is 2.53 bits per heavy atom. The summed E-state index contributed by atoms with van der Waals surface area (Å²) >= 11 is 5.84. The molecule has 15 heavy (non-hydrogen) atoms. The van der Waals surface area contributed by atoms with E-state index in [2.05, 4.69) is 0 Å². The molecule has 84 valence electrons. The molecule has 0 aromatic heterocycles. The van der Waals surface area contributed by atoms with Crippen LogP contribution in [0.4, 0.5) is 0 Å². The molecule has 0 saturated heterocycles. The van der Waals surface area contributed by atoms with Gasteiger partial charge in [-0.15, -0.1) is 0 Å². The lowest BCUT2D eigenvalue weighted by Gasteiger charge is -2.04. The second-order valence-electron chi connectivity index (χ2n) is 3.46. The molecule has 0 unspecified atom stereocenters. The third-order valence-corrected chi connectivity index (χ3v) is 3.34. The van der Waals surface area contributed by atoms with Gasteiger partial charge < -0.3 is 5.73 Å². The maximum absolute atomic E-state index is 11.3. The lowest BCUT2D eigenvalue weighted by Crippen LogP contribution is -2.02. The summed E-state index contributed by atoms with van der Waals surface area (Å²) < 4.78 is 22.7. The highest BCUT2D eigenvalue weighted by molar-refractivity contribution is 7.90. The molecule has 0 aliphatic rings. The van der Waals surface area contributed by atoms with E-state index < -0.39 is 9.84 Å². The molecular weight excluding hydrogens is 234 g/mol. The number of benzene rings is 1. The molecular formula is C10H14ClNO2S. The number of halogens is 1. The number of hydrogen-bond acceptors (Lipinski definition) is 3. The molecule has 1 aromatic rings. The van der Waals surface area contributed by atoms with Crippen molar-refractivity contribution >= 4 is 21.4 Å². The number of hydrogen-bond donors (Lipinski definition) is 1. The van der Waals surface area contributed by atoms with Crippen LogP contribution in [0.15, 0.2) is 23.1 Å². The van der Waals surface area contributed by atoms with Crippen LogP contribution in [0.5, 0.6) is 0 Å². The van der Waals surface area contributed by atoms with Crippen molar-refractivity contribution in [3.8, 4) is 0 Å². The minimum absolute atomic E-state index is 0.266. The van der Waals surface area contributed by atoms with Gasteiger partial charge in [-0.05, 0) is 43.1 Å². The molecule has 0 fully saturated rings. The molecule has 5 heteroatoms. The highest BCUT2D eigenvalue weighted by Gasteiger charge is 2.09. The van der Waals surface area contributed by atoms with Crippen molar-refractivity contribution < 1.29 is 8.42 Å². The molecule has 0 aliphatic heterocycles. The van der Waals surface area contributed by atoms with Gasteiger partial charge in [-0.2, -0.15) is 0 Å². The van der Waals surface area contributed by atoms with Gasteiger partial charge in [0.25, 0.3) is 0 Å². The van der Waals surface area contributed by atoms with E-state index in [0.29, 0.717) is 11.6 Å². The average molecular weight is 248 g/mol. The van der Waals surface area contributed by atoms with Crippen LogP contribution >= 0.6 is 11.6 Å². The summed E-state index contributed by atoms with van der Waals surface area (Å²) in [5, 5.41) is 0.449. The summed E-state index contributed by atoms with van der Waals surface area (Å²) in [6, 6.07) is 4.88. The molecule has 0 bridgehead atoms. The largest absolute Gasteiger partial charge is 0.330 e. The zero-order chi connectivity index (χ0) is 11.5. The van der Waals surface area contributed by atoms with E-state index in [4.69, 9.17) is 17.3 Å². The highest BCUT2D eigenvalue weighted by atomic mass is 35.5. The molecule has 0 spiro atoms. The second-order valence-corrected chi connectivity index (χ2v) is 5.91. The van der Waals surface area contributed by atoms with E-state index >= 15 is 0 Å². The van der Waals surface area contributed by atoms with E-state index in [1.165, 1.54) is 12.3 Å². The third kappa shape index (κ3) is 3.81. The first-order valence-electron chi connectivity index (χ1n) is 4.63. The molecule has 0 heterocycles. The van der Waals surface area contributed by atoms with Crippen LogP contribution in [0.3, 0.4) is 0 Å². The Bertz CT molecular complexity index is 443. The van der Waals surface area contributed by atoms with Crippen molar-refractivity contribution in [2.45, 2.75) is 17.7 Å². The highest BCUT2D eigenvalue weighted by Crippen LogP contribution is 2.19. The van der Waals surface area contributed by atoms with E-state index in [-0.39, 0.29) is 4.90 Å². The first-order valence-corrected chi connectivity index (χ1v) is 6.90. The smallest absolute Gasteiger partial charge is 0.175 e. The van der Waals surface area contributed by atoms with Gasteiger partial charge in [0, 0.05) is 11.3 Å². The SMILES string of the molecule is CS(=O)(=O)c1cc(Cl)cc(CCCN)c1. The lowest BCUT2D eigenvalue weighted by molar-refractivity contribution is 0.601. The third-order valence-electron chi connectivity index (χ3n) is 2.03. The maximum atomic E-state index is 11.3. The zero-order valence-electron chi connectivity index (χ0n) is 8.53. The Hall–Kier alpha value is -0.580. The minimum atomic E-state index is -3.19. The van der Waals surface area contributed by atoms with Gasteiger partial charge in [0.1, 0.15) is 0 Å². The second kappa shape index (κ2) is 4.96. The minimum Gasteiger partial charge on any atom is -0.330 e. The molecule has 0 saturated carbocycles. The quantitative estimate of drug-likeness (QED) is 0.880. The number of nitrogens with two attached hydrogens (primary N) is 1. The topological polar surface area (TPSA) is 60.2 Å². The lowest BCUT2D eigenvalue weighted by atomic mass is 10.1. The predicted octanol–water partition coefficient (Wildman–Crippen LogP) is 1.63. The van der Waals surface area contributed by atoms with Gasteiger partial charge >= 0.3 is 0 Å². The Morgan fingerprint density at radius 2 is 2.00 bits per heavy atom.